The third-order valence-electron chi connectivity index (χ3n) is 4.23. The van der Waals surface area contributed by atoms with Gasteiger partial charge in [-0.25, -0.2) is 0 Å². The summed E-state index contributed by atoms with van der Waals surface area (Å²) in [5.41, 5.74) is 6.19. The van der Waals surface area contributed by atoms with Crippen molar-refractivity contribution in [3.8, 4) is 11.5 Å². The molecule has 0 fully saturated rings. The fourth-order valence-corrected chi connectivity index (χ4v) is 3.88. The number of ether oxygens (including phenoxy) is 2. The SMILES string of the molecule is CCCOc1ccc(C(=O)NNC(=O)c2sc3ccccc3c2C)cc1OC. The summed E-state index contributed by atoms with van der Waals surface area (Å²) in [6.45, 7) is 4.47. The number of methoxy groups -OCH3 is 1. The number of hydrogen-bond acceptors (Lipinski definition) is 5. The van der Waals surface area contributed by atoms with E-state index in [2.05, 4.69) is 10.9 Å². The number of nitrogens with one attached hydrogen (secondary N) is 2. The van der Waals surface area contributed by atoms with Gasteiger partial charge in [0.2, 0.25) is 0 Å². The maximum absolute atomic E-state index is 12.5. The number of carbonyl (C=O) groups is 2. The Balaban J connectivity index is 1.69. The fraction of sp³-hybridized carbons (Fsp3) is 0.238. The molecule has 3 rings (SSSR count). The zero-order valence-corrected chi connectivity index (χ0v) is 16.8. The van der Waals surface area contributed by atoms with Crippen LogP contribution in [0, 0.1) is 6.92 Å². The lowest BCUT2D eigenvalue weighted by atomic mass is 10.1. The smallest absolute Gasteiger partial charge is 0.280 e. The summed E-state index contributed by atoms with van der Waals surface area (Å²) >= 11 is 1.40. The standard InChI is InChI=1S/C21H22N2O4S/c1-4-11-27-16-10-9-14(12-17(16)26-3)20(24)22-23-21(25)19-13(2)15-7-5-6-8-18(15)28-19/h5-10,12H,4,11H2,1-3H3,(H,22,24)(H,23,25). The Kier molecular flexibility index (Phi) is 6.16. The average molecular weight is 398 g/mol. The maximum Gasteiger partial charge on any atom is 0.280 e. The van der Waals surface area contributed by atoms with Crippen LogP contribution in [0.1, 0.15) is 38.9 Å². The largest absolute Gasteiger partial charge is 0.493 e. The number of aryl methyl sites for hydroxylation is 1. The third-order valence-corrected chi connectivity index (χ3v) is 5.50. The van der Waals surface area contributed by atoms with Gasteiger partial charge in [-0.15, -0.1) is 11.3 Å². The monoisotopic (exact) mass is 398 g/mol. The summed E-state index contributed by atoms with van der Waals surface area (Å²) in [4.78, 5) is 25.5. The molecule has 2 N–H and O–H groups in total. The molecule has 1 aromatic heterocycles. The van der Waals surface area contributed by atoms with Crippen molar-refractivity contribution in [3.63, 3.8) is 0 Å². The molecule has 2 amide bonds. The Morgan fingerprint density at radius 3 is 2.50 bits per heavy atom. The maximum atomic E-state index is 12.5. The van der Waals surface area contributed by atoms with Crippen LogP contribution >= 0.6 is 11.3 Å². The number of fused-ring (bicyclic) bond motifs is 1. The average Bonchev–Trinajstić information content (AvgIpc) is 3.07. The molecule has 0 atom stereocenters. The van der Waals surface area contributed by atoms with Crippen molar-refractivity contribution in [2.45, 2.75) is 20.3 Å². The number of hydrazine groups is 1. The summed E-state index contributed by atoms with van der Waals surface area (Å²) in [6, 6.07) is 12.7. The second kappa shape index (κ2) is 8.75. The van der Waals surface area contributed by atoms with Crippen LogP contribution in [0.2, 0.25) is 0 Å². The van der Waals surface area contributed by atoms with Gasteiger partial charge in [0.25, 0.3) is 11.8 Å². The molecule has 0 aliphatic heterocycles. The van der Waals surface area contributed by atoms with Gasteiger partial charge in [-0.1, -0.05) is 25.1 Å². The summed E-state index contributed by atoms with van der Waals surface area (Å²) in [5, 5.41) is 1.04. The zero-order valence-electron chi connectivity index (χ0n) is 16.0. The summed E-state index contributed by atoms with van der Waals surface area (Å²) in [5.74, 6) is 0.257. The predicted molar refractivity (Wildman–Crippen MR) is 110 cm³/mol. The van der Waals surface area contributed by atoms with Crippen LogP contribution in [0.25, 0.3) is 10.1 Å². The van der Waals surface area contributed by atoms with E-state index >= 15 is 0 Å². The normalized spacial score (nSPS) is 10.5. The lowest BCUT2D eigenvalue weighted by Crippen LogP contribution is -2.41. The van der Waals surface area contributed by atoms with E-state index in [-0.39, 0.29) is 5.91 Å². The van der Waals surface area contributed by atoms with Crippen LogP contribution in [0.3, 0.4) is 0 Å². The van der Waals surface area contributed by atoms with Crippen LogP contribution in [-0.4, -0.2) is 25.5 Å². The Labute approximate surface area is 167 Å². The zero-order chi connectivity index (χ0) is 20.1. The lowest BCUT2D eigenvalue weighted by Gasteiger charge is -2.12. The van der Waals surface area contributed by atoms with E-state index in [1.54, 1.807) is 18.2 Å². The molecule has 0 aliphatic carbocycles. The van der Waals surface area contributed by atoms with E-state index in [1.807, 2.05) is 38.1 Å². The number of thiophene rings is 1. The topological polar surface area (TPSA) is 76.7 Å². The van der Waals surface area contributed by atoms with Gasteiger partial charge in [-0.05, 0) is 48.6 Å². The van der Waals surface area contributed by atoms with E-state index in [1.165, 1.54) is 18.4 Å². The second-order valence-corrected chi connectivity index (χ2v) is 7.23. The first-order valence-electron chi connectivity index (χ1n) is 8.94. The molecule has 2 aromatic carbocycles. The molecule has 0 unspecified atom stereocenters. The molecular formula is C21H22N2O4S. The number of benzene rings is 2. The molecule has 0 saturated carbocycles. The Morgan fingerprint density at radius 2 is 1.79 bits per heavy atom. The van der Waals surface area contributed by atoms with Gasteiger partial charge in [0, 0.05) is 10.3 Å². The first kappa shape index (κ1) is 19.7. The number of amides is 2. The third kappa shape index (κ3) is 4.09. The first-order valence-corrected chi connectivity index (χ1v) is 9.76. The first-order chi connectivity index (χ1) is 13.5. The molecule has 0 bridgehead atoms. The van der Waals surface area contributed by atoms with Gasteiger partial charge in [0.1, 0.15) is 0 Å². The van der Waals surface area contributed by atoms with Crippen molar-refractivity contribution >= 4 is 33.2 Å². The number of carbonyl (C=O) groups excluding carboxylic acids is 2. The van der Waals surface area contributed by atoms with Crippen LogP contribution in [0.15, 0.2) is 42.5 Å². The minimum atomic E-state index is -0.438. The minimum Gasteiger partial charge on any atom is -0.493 e. The highest BCUT2D eigenvalue weighted by Crippen LogP contribution is 2.30. The minimum absolute atomic E-state index is 0.345. The van der Waals surface area contributed by atoms with Crippen molar-refractivity contribution in [3.05, 3.63) is 58.5 Å². The Morgan fingerprint density at radius 1 is 1.04 bits per heavy atom. The lowest BCUT2D eigenvalue weighted by molar-refractivity contribution is 0.0848. The van der Waals surface area contributed by atoms with Crippen molar-refractivity contribution in [2.24, 2.45) is 0 Å². The molecule has 6 nitrogen and oxygen atoms in total. The van der Waals surface area contributed by atoms with Crippen molar-refractivity contribution in [1.29, 1.82) is 0 Å². The molecular weight excluding hydrogens is 376 g/mol. The van der Waals surface area contributed by atoms with Gasteiger partial charge < -0.3 is 9.47 Å². The van der Waals surface area contributed by atoms with Gasteiger partial charge >= 0.3 is 0 Å². The van der Waals surface area contributed by atoms with Crippen molar-refractivity contribution in [2.75, 3.05) is 13.7 Å². The van der Waals surface area contributed by atoms with Gasteiger partial charge in [-0.3, -0.25) is 20.4 Å². The van der Waals surface area contributed by atoms with Crippen LogP contribution in [0.5, 0.6) is 11.5 Å². The van der Waals surface area contributed by atoms with E-state index in [0.717, 1.165) is 22.1 Å². The summed E-state index contributed by atoms with van der Waals surface area (Å²) < 4.78 is 11.9. The molecule has 0 spiro atoms. The van der Waals surface area contributed by atoms with Crippen molar-refractivity contribution in [1.82, 2.24) is 10.9 Å². The van der Waals surface area contributed by atoms with E-state index in [9.17, 15) is 9.59 Å². The highest BCUT2D eigenvalue weighted by molar-refractivity contribution is 7.21. The summed E-state index contributed by atoms with van der Waals surface area (Å²) in [6.07, 6.45) is 0.870. The van der Waals surface area contributed by atoms with Gasteiger partial charge in [-0.2, -0.15) is 0 Å². The Bertz CT molecular complexity index is 1010. The van der Waals surface area contributed by atoms with Crippen LogP contribution < -0.4 is 20.3 Å². The molecule has 3 aromatic rings. The second-order valence-electron chi connectivity index (χ2n) is 6.17. The van der Waals surface area contributed by atoms with E-state index < -0.39 is 5.91 Å². The molecule has 0 radical (unpaired) electrons. The highest BCUT2D eigenvalue weighted by Gasteiger charge is 2.17. The number of rotatable bonds is 6. The molecule has 0 aliphatic rings. The highest BCUT2D eigenvalue weighted by atomic mass is 32.1. The molecule has 7 heteroatoms. The predicted octanol–water partition coefficient (Wildman–Crippen LogP) is 4.08. The van der Waals surface area contributed by atoms with Gasteiger partial charge in [0.05, 0.1) is 18.6 Å². The van der Waals surface area contributed by atoms with E-state index in [4.69, 9.17) is 9.47 Å². The van der Waals surface area contributed by atoms with Crippen LogP contribution in [-0.2, 0) is 0 Å². The molecule has 146 valence electrons. The van der Waals surface area contributed by atoms with E-state index in [0.29, 0.717) is 28.5 Å². The number of hydrogen-bond donors (Lipinski definition) is 2. The van der Waals surface area contributed by atoms with Crippen LogP contribution in [0.4, 0.5) is 0 Å². The van der Waals surface area contributed by atoms with Crippen molar-refractivity contribution < 1.29 is 19.1 Å². The fourth-order valence-electron chi connectivity index (χ4n) is 2.77. The van der Waals surface area contributed by atoms with Gasteiger partial charge in [0.15, 0.2) is 11.5 Å². The Hall–Kier alpha value is -3.06. The molecule has 28 heavy (non-hydrogen) atoms. The quantitative estimate of drug-likeness (QED) is 0.614. The summed E-state index contributed by atoms with van der Waals surface area (Å²) in [7, 11) is 1.52. The molecule has 1 heterocycles. The molecule has 0 saturated heterocycles.